The molecule has 110 valence electrons. The first-order valence-electron chi connectivity index (χ1n) is 6.34. The Balaban J connectivity index is 2.38. The molecule has 1 aromatic rings. The molecule has 6 nitrogen and oxygen atoms in total. The summed E-state index contributed by atoms with van der Waals surface area (Å²) in [4.78, 5) is 23.2. The van der Waals surface area contributed by atoms with Crippen LogP contribution in [0.4, 0.5) is 4.79 Å². The Morgan fingerprint density at radius 2 is 1.85 bits per heavy atom. The predicted octanol–water partition coefficient (Wildman–Crippen LogP) is 1.41. The SMILES string of the molecule is CC(C)(C)OC(=O)CN(N)C(=O)NCc1ccccc1. The molecule has 0 aliphatic rings. The second-order valence-electron chi connectivity index (χ2n) is 5.36. The van der Waals surface area contributed by atoms with Crippen molar-refractivity contribution in [1.29, 1.82) is 0 Å². The highest BCUT2D eigenvalue weighted by Gasteiger charge is 2.20. The number of carbonyl (C=O) groups is 2. The van der Waals surface area contributed by atoms with Gasteiger partial charge < -0.3 is 10.1 Å². The van der Waals surface area contributed by atoms with Crippen molar-refractivity contribution in [3.8, 4) is 0 Å². The van der Waals surface area contributed by atoms with Crippen LogP contribution in [0.25, 0.3) is 0 Å². The number of hydrogen-bond acceptors (Lipinski definition) is 4. The van der Waals surface area contributed by atoms with Gasteiger partial charge >= 0.3 is 12.0 Å². The molecule has 0 spiro atoms. The lowest BCUT2D eigenvalue weighted by molar-refractivity contribution is -0.155. The Morgan fingerprint density at radius 3 is 2.40 bits per heavy atom. The van der Waals surface area contributed by atoms with Gasteiger partial charge in [0.15, 0.2) is 0 Å². The van der Waals surface area contributed by atoms with Gasteiger partial charge in [-0.2, -0.15) is 0 Å². The fourth-order valence-corrected chi connectivity index (χ4v) is 1.46. The summed E-state index contributed by atoms with van der Waals surface area (Å²) < 4.78 is 5.08. The third-order valence-corrected chi connectivity index (χ3v) is 2.27. The number of hydrazine groups is 1. The van der Waals surface area contributed by atoms with Crippen molar-refractivity contribution in [1.82, 2.24) is 10.3 Å². The molecule has 0 atom stereocenters. The number of amides is 2. The minimum absolute atomic E-state index is 0.294. The van der Waals surface area contributed by atoms with E-state index in [0.29, 0.717) is 6.54 Å². The summed E-state index contributed by atoms with van der Waals surface area (Å²) >= 11 is 0. The van der Waals surface area contributed by atoms with Gasteiger partial charge in [-0.15, -0.1) is 0 Å². The number of urea groups is 1. The average Bonchev–Trinajstić information content (AvgIpc) is 2.34. The maximum atomic E-state index is 11.7. The molecule has 0 saturated carbocycles. The molecule has 0 saturated heterocycles. The molecular formula is C14H21N3O3. The van der Waals surface area contributed by atoms with Crippen LogP contribution in [0, 0.1) is 0 Å². The monoisotopic (exact) mass is 279 g/mol. The number of hydrogen-bond donors (Lipinski definition) is 2. The molecule has 0 fully saturated rings. The summed E-state index contributed by atoms with van der Waals surface area (Å²) in [6, 6.07) is 8.89. The Hall–Kier alpha value is -2.08. The highest BCUT2D eigenvalue weighted by molar-refractivity contribution is 5.80. The first-order chi connectivity index (χ1) is 9.28. The standard InChI is InChI=1S/C14H21N3O3/c1-14(2,3)20-12(18)10-17(15)13(19)16-9-11-7-5-4-6-8-11/h4-8H,9-10,15H2,1-3H3,(H,16,19). The molecule has 6 heteroatoms. The average molecular weight is 279 g/mol. The number of ether oxygens (including phenoxy) is 1. The van der Waals surface area contributed by atoms with Crippen LogP contribution in [0.1, 0.15) is 26.3 Å². The number of carbonyl (C=O) groups excluding carboxylic acids is 2. The van der Waals surface area contributed by atoms with E-state index in [9.17, 15) is 9.59 Å². The Labute approximate surface area is 118 Å². The second-order valence-corrected chi connectivity index (χ2v) is 5.36. The van der Waals surface area contributed by atoms with Gasteiger partial charge in [0.2, 0.25) is 0 Å². The van der Waals surface area contributed by atoms with Crippen LogP contribution < -0.4 is 11.2 Å². The smallest absolute Gasteiger partial charge is 0.332 e. The molecule has 0 aliphatic heterocycles. The van der Waals surface area contributed by atoms with Crippen molar-refractivity contribution in [2.45, 2.75) is 32.9 Å². The molecule has 0 bridgehead atoms. The fraction of sp³-hybridized carbons (Fsp3) is 0.429. The largest absolute Gasteiger partial charge is 0.459 e. The molecule has 0 aliphatic carbocycles. The zero-order valence-electron chi connectivity index (χ0n) is 12.1. The summed E-state index contributed by atoms with van der Waals surface area (Å²) in [5.74, 6) is 4.98. The quantitative estimate of drug-likeness (QED) is 0.378. The molecule has 0 heterocycles. The van der Waals surface area contributed by atoms with Crippen LogP contribution in [-0.4, -0.2) is 29.2 Å². The topological polar surface area (TPSA) is 84.7 Å². The molecule has 3 N–H and O–H groups in total. The molecule has 2 amide bonds. The fourth-order valence-electron chi connectivity index (χ4n) is 1.46. The number of esters is 1. The van der Waals surface area contributed by atoms with Crippen molar-refractivity contribution in [3.05, 3.63) is 35.9 Å². The highest BCUT2D eigenvalue weighted by atomic mass is 16.6. The van der Waals surface area contributed by atoms with E-state index in [4.69, 9.17) is 10.6 Å². The molecule has 1 rings (SSSR count). The minimum atomic E-state index is -0.599. The van der Waals surface area contributed by atoms with Gasteiger partial charge in [0, 0.05) is 6.54 Å². The van der Waals surface area contributed by atoms with E-state index in [1.807, 2.05) is 30.3 Å². The van der Waals surface area contributed by atoms with Crippen LogP contribution in [0.5, 0.6) is 0 Å². The van der Waals surface area contributed by atoms with E-state index < -0.39 is 17.6 Å². The van der Waals surface area contributed by atoms with Crippen molar-refractivity contribution in [2.24, 2.45) is 5.84 Å². The number of rotatable bonds is 4. The number of nitrogens with zero attached hydrogens (tertiary/aromatic N) is 1. The Kier molecular flexibility index (Phi) is 5.52. The van der Waals surface area contributed by atoms with Gasteiger partial charge in [-0.25, -0.2) is 10.6 Å². The lowest BCUT2D eigenvalue weighted by atomic mass is 10.2. The van der Waals surface area contributed by atoms with E-state index >= 15 is 0 Å². The van der Waals surface area contributed by atoms with E-state index in [1.54, 1.807) is 20.8 Å². The van der Waals surface area contributed by atoms with Crippen LogP contribution >= 0.6 is 0 Å². The molecule has 0 radical (unpaired) electrons. The van der Waals surface area contributed by atoms with E-state index in [-0.39, 0.29) is 6.54 Å². The predicted molar refractivity (Wildman–Crippen MR) is 75.4 cm³/mol. The normalized spacial score (nSPS) is 10.8. The van der Waals surface area contributed by atoms with E-state index in [2.05, 4.69) is 5.32 Å². The third kappa shape index (κ3) is 6.19. The first-order valence-corrected chi connectivity index (χ1v) is 6.34. The lowest BCUT2D eigenvalue weighted by Crippen LogP contribution is -2.48. The van der Waals surface area contributed by atoms with Crippen LogP contribution in [0.15, 0.2) is 30.3 Å². The van der Waals surface area contributed by atoms with E-state index in [0.717, 1.165) is 10.6 Å². The zero-order chi connectivity index (χ0) is 15.2. The third-order valence-electron chi connectivity index (χ3n) is 2.27. The van der Waals surface area contributed by atoms with Crippen LogP contribution in [-0.2, 0) is 16.1 Å². The van der Waals surface area contributed by atoms with E-state index in [1.165, 1.54) is 0 Å². The number of nitrogens with two attached hydrogens (primary N) is 1. The van der Waals surface area contributed by atoms with Crippen LogP contribution in [0.2, 0.25) is 0 Å². The molecule has 0 unspecified atom stereocenters. The summed E-state index contributed by atoms with van der Waals surface area (Å²) in [6.07, 6.45) is 0. The minimum Gasteiger partial charge on any atom is -0.459 e. The maximum absolute atomic E-state index is 11.7. The van der Waals surface area contributed by atoms with Crippen molar-refractivity contribution in [3.63, 3.8) is 0 Å². The van der Waals surface area contributed by atoms with Gasteiger partial charge in [0.05, 0.1) is 0 Å². The van der Waals surface area contributed by atoms with Crippen molar-refractivity contribution in [2.75, 3.05) is 6.54 Å². The summed E-state index contributed by atoms with van der Waals surface area (Å²) in [7, 11) is 0. The van der Waals surface area contributed by atoms with Crippen molar-refractivity contribution >= 4 is 12.0 Å². The van der Waals surface area contributed by atoms with Crippen molar-refractivity contribution < 1.29 is 14.3 Å². The lowest BCUT2D eigenvalue weighted by Gasteiger charge is -2.22. The van der Waals surface area contributed by atoms with Gasteiger partial charge in [-0.3, -0.25) is 9.80 Å². The van der Waals surface area contributed by atoms with Gasteiger partial charge in [0.1, 0.15) is 12.1 Å². The van der Waals surface area contributed by atoms with Gasteiger partial charge in [-0.05, 0) is 26.3 Å². The summed E-state index contributed by atoms with van der Waals surface area (Å²) in [5.41, 5.74) is 0.352. The summed E-state index contributed by atoms with van der Waals surface area (Å²) in [5, 5.41) is 3.42. The number of nitrogens with one attached hydrogen (secondary N) is 1. The van der Waals surface area contributed by atoms with Crippen LogP contribution in [0.3, 0.4) is 0 Å². The zero-order valence-corrected chi connectivity index (χ0v) is 12.1. The molecular weight excluding hydrogens is 258 g/mol. The molecule has 1 aromatic carbocycles. The summed E-state index contributed by atoms with van der Waals surface area (Å²) in [6.45, 7) is 5.31. The first kappa shape index (κ1) is 16.0. The van der Waals surface area contributed by atoms with Gasteiger partial charge in [0.25, 0.3) is 0 Å². The van der Waals surface area contributed by atoms with Gasteiger partial charge in [-0.1, -0.05) is 30.3 Å². The Bertz CT molecular complexity index is 454. The second kappa shape index (κ2) is 6.91. The number of benzene rings is 1. The molecule has 20 heavy (non-hydrogen) atoms. The molecule has 0 aromatic heterocycles. The highest BCUT2D eigenvalue weighted by Crippen LogP contribution is 2.06. The maximum Gasteiger partial charge on any atom is 0.332 e. The Morgan fingerprint density at radius 1 is 1.25 bits per heavy atom.